The van der Waals surface area contributed by atoms with Crippen molar-refractivity contribution in [1.29, 1.82) is 0 Å². The second-order valence-electron chi connectivity index (χ2n) is 5.37. The normalized spacial score (nSPS) is 19.8. The van der Waals surface area contributed by atoms with Crippen molar-refractivity contribution in [2.75, 3.05) is 10.6 Å². The SMILES string of the molecule is CC1Nc2ccc(C(C)(C)C)cc2NC1=O. The van der Waals surface area contributed by atoms with Crippen LogP contribution in [0.2, 0.25) is 0 Å². The van der Waals surface area contributed by atoms with E-state index in [-0.39, 0.29) is 17.4 Å². The van der Waals surface area contributed by atoms with E-state index in [2.05, 4.69) is 37.5 Å². The van der Waals surface area contributed by atoms with Crippen LogP contribution >= 0.6 is 0 Å². The van der Waals surface area contributed by atoms with E-state index in [1.807, 2.05) is 19.1 Å². The van der Waals surface area contributed by atoms with E-state index in [0.717, 1.165) is 11.4 Å². The Morgan fingerprint density at radius 1 is 1.19 bits per heavy atom. The summed E-state index contributed by atoms with van der Waals surface area (Å²) in [5.74, 6) is 0.0264. The fraction of sp³-hybridized carbons (Fsp3) is 0.462. The zero-order valence-corrected chi connectivity index (χ0v) is 10.2. The van der Waals surface area contributed by atoms with Gasteiger partial charge in [-0.05, 0) is 30.0 Å². The van der Waals surface area contributed by atoms with E-state index in [1.54, 1.807) is 0 Å². The van der Waals surface area contributed by atoms with Gasteiger partial charge in [-0.25, -0.2) is 0 Å². The predicted molar refractivity (Wildman–Crippen MR) is 66.9 cm³/mol. The van der Waals surface area contributed by atoms with Crippen LogP contribution in [0, 0.1) is 0 Å². The van der Waals surface area contributed by atoms with Crippen LogP contribution in [0.4, 0.5) is 11.4 Å². The molecule has 86 valence electrons. The third kappa shape index (κ3) is 1.90. The second-order valence-corrected chi connectivity index (χ2v) is 5.37. The van der Waals surface area contributed by atoms with Gasteiger partial charge in [-0.3, -0.25) is 4.79 Å². The number of carbonyl (C=O) groups excluding carboxylic acids is 1. The van der Waals surface area contributed by atoms with Crippen LogP contribution in [0.3, 0.4) is 0 Å². The maximum absolute atomic E-state index is 11.5. The molecule has 1 heterocycles. The Kier molecular flexibility index (Phi) is 2.41. The van der Waals surface area contributed by atoms with Gasteiger partial charge in [0.05, 0.1) is 11.4 Å². The van der Waals surface area contributed by atoms with Gasteiger partial charge in [0.25, 0.3) is 0 Å². The van der Waals surface area contributed by atoms with Crippen molar-refractivity contribution in [3.8, 4) is 0 Å². The van der Waals surface area contributed by atoms with Gasteiger partial charge in [-0.2, -0.15) is 0 Å². The number of benzene rings is 1. The third-order valence-electron chi connectivity index (χ3n) is 2.91. The average molecular weight is 218 g/mol. The summed E-state index contributed by atoms with van der Waals surface area (Å²) >= 11 is 0. The minimum absolute atomic E-state index is 0.0264. The van der Waals surface area contributed by atoms with Crippen LogP contribution < -0.4 is 10.6 Å². The fourth-order valence-corrected chi connectivity index (χ4v) is 1.78. The van der Waals surface area contributed by atoms with Crippen LogP contribution in [-0.2, 0) is 10.2 Å². The molecule has 0 radical (unpaired) electrons. The molecule has 0 fully saturated rings. The number of hydrogen-bond acceptors (Lipinski definition) is 2. The van der Waals surface area contributed by atoms with Crippen molar-refractivity contribution in [3.05, 3.63) is 23.8 Å². The van der Waals surface area contributed by atoms with Crippen LogP contribution in [0.1, 0.15) is 33.3 Å². The first-order valence-corrected chi connectivity index (χ1v) is 5.60. The summed E-state index contributed by atoms with van der Waals surface area (Å²) in [6, 6.07) is 6.03. The molecule has 0 saturated heterocycles. The topological polar surface area (TPSA) is 41.1 Å². The molecule has 1 aromatic carbocycles. The van der Waals surface area contributed by atoms with E-state index in [0.29, 0.717) is 0 Å². The van der Waals surface area contributed by atoms with Gasteiger partial charge in [0.2, 0.25) is 5.91 Å². The number of fused-ring (bicyclic) bond motifs is 1. The van der Waals surface area contributed by atoms with E-state index in [1.165, 1.54) is 5.56 Å². The number of hydrogen-bond donors (Lipinski definition) is 2. The molecule has 0 saturated carbocycles. The highest BCUT2D eigenvalue weighted by molar-refractivity contribution is 6.02. The number of anilines is 2. The zero-order chi connectivity index (χ0) is 11.9. The molecule has 3 heteroatoms. The lowest BCUT2D eigenvalue weighted by atomic mass is 9.86. The van der Waals surface area contributed by atoms with Crippen molar-refractivity contribution < 1.29 is 4.79 Å². The Balaban J connectivity index is 2.40. The maximum Gasteiger partial charge on any atom is 0.246 e. The van der Waals surface area contributed by atoms with Gasteiger partial charge < -0.3 is 10.6 Å². The van der Waals surface area contributed by atoms with Crippen LogP contribution in [-0.4, -0.2) is 11.9 Å². The molecule has 1 amide bonds. The van der Waals surface area contributed by atoms with Gasteiger partial charge in [0.1, 0.15) is 6.04 Å². The lowest BCUT2D eigenvalue weighted by Crippen LogP contribution is -2.36. The van der Waals surface area contributed by atoms with Gasteiger partial charge in [0, 0.05) is 0 Å². The van der Waals surface area contributed by atoms with Crippen LogP contribution in [0.15, 0.2) is 18.2 Å². The van der Waals surface area contributed by atoms with Gasteiger partial charge in [-0.15, -0.1) is 0 Å². The standard InChI is InChI=1S/C13H18N2O/c1-8-12(16)15-11-7-9(13(2,3)4)5-6-10(11)14-8/h5-8,14H,1-4H3,(H,15,16). The van der Waals surface area contributed by atoms with Gasteiger partial charge >= 0.3 is 0 Å². The minimum atomic E-state index is -0.159. The Bertz CT molecular complexity index is 432. The van der Waals surface area contributed by atoms with E-state index >= 15 is 0 Å². The highest BCUT2D eigenvalue weighted by Gasteiger charge is 2.23. The lowest BCUT2D eigenvalue weighted by molar-refractivity contribution is -0.116. The average Bonchev–Trinajstić information content (AvgIpc) is 2.17. The molecule has 1 atom stereocenters. The van der Waals surface area contributed by atoms with Crippen molar-refractivity contribution in [2.45, 2.75) is 39.2 Å². The van der Waals surface area contributed by atoms with E-state index in [4.69, 9.17) is 0 Å². The van der Waals surface area contributed by atoms with Crippen LogP contribution in [0.25, 0.3) is 0 Å². The zero-order valence-electron chi connectivity index (χ0n) is 10.2. The first kappa shape index (κ1) is 11.0. The quantitative estimate of drug-likeness (QED) is 0.703. The van der Waals surface area contributed by atoms with Crippen molar-refractivity contribution in [1.82, 2.24) is 0 Å². The molecule has 1 aliphatic heterocycles. The first-order chi connectivity index (χ1) is 7.38. The third-order valence-corrected chi connectivity index (χ3v) is 2.91. The summed E-state index contributed by atoms with van der Waals surface area (Å²) in [5.41, 5.74) is 3.21. The summed E-state index contributed by atoms with van der Waals surface area (Å²) in [6.45, 7) is 8.34. The first-order valence-electron chi connectivity index (χ1n) is 5.60. The highest BCUT2D eigenvalue weighted by Crippen LogP contribution is 2.32. The highest BCUT2D eigenvalue weighted by atomic mass is 16.2. The van der Waals surface area contributed by atoms with Crippen molar-refractivity contribution in [3.63, 3.8) is 0 Å². The minimum Gasteiger partial charge on any atom is -0.372 e. The molecule has 1 aliphatic rings. The second kappa shape index (κ2) is 3.51. The van der Waals surface area contributed by atoms with Crippen LogP contribution in [0.5, 0.6) is 0 Å². The molecule has 0 aliphatic carbocycles. The maximum atomic E-state index is 11.5. The number of nitrogens with one attached hydrogen (secondary N) is 2. The summed E-state index contributed by atoms with van der Waals surface area (Å²) in [7, 11) is 0. The number of amides is 1. The molecule has 16 heavy (non-hydrogen) atoms. The number of rotatable bonds is 0. The summed E-state index contributed by atoms with van der Waals surface area (Å²) in [4.78, 5) is 11.5. The van der Waals surface area contributed by atoms with Crippen molar-refractivity contribution >= 4 is 17.3 Å². The monoisotopic (exact) mass is 218 g/mol. The molecule has 1 aromatic rings. The summed E-state index contributed by atoms with van der Waals surface area (Å²) < 4.78 is 0. The molecule has 3 nitrogen and oxygen atoms in total. The summed E-state index contributed by atoms with van der Waals surface area (Å²) in [6.07, 6.45) is 0. The largest absolute Gasteiger partial charge is 0.372 e. The molecular weight excluding hydrogens is 200 g/mol. The molecule has 2 N–H and O–H groups in total. The van der Waals surface area contributed by atoms with Gasteiger partial charge in [-0.1, -0.05) is 26.8 Å². The Morgan fingerprint density at radius 2 is 1.88 bits per heavy atom. The smallest absolute Gasteiger partial charge is 0.246 e. The van der Waals surface area contributed by atoms with E-state index < -0.39 is 0 Å². The summed E-state index contributed by atoms with van der Waals surface area (Å²) in [5, 5.41) is 6.10. The molecule has 0 spiro atoms. The lowest BCUT2D eigenvalue weighted by Gasteiger charge is -2.27. The Hall–Kier alpha value is -1.51. The van der Waals surface area contributed by atoms with E-state index in [9.17, 15) is 4.79 Å². The Morgan fingerprint density at radius 3 is 2.50 bits per heavy atom. The molecular formula is C13H18N2O. The molecule has 0 bridgehead atoms. The molecule has 1 unspecified atom stereocenters. The number of carbonyl (C=O) groups is 1. The molecule has 0 aromatic heterocycles. The Labute approximate surface area is 96.2 Å². The molecule has 2 rings (SSSR count). The van der Waals surface area contributed by atoms with Crippen molar-refractivity contribution in [2.24, 2.45) is 0 Å². The van der Waals surface area contributed by atoms with Gasteiger partial charge in [0.15, 0.2) is 0 Å². The fourth-order valence-electron chi connectivity index (χ4n) is 1.78. The predicted octanol–water partition coefficient (Wildman–Crippen LogP) is 2.74.